The van der Waals surface area contributed by atoms with Gasteiger partial charge in [-0.15, -0.1) is 0 Å². The number of hydrogen-bond donors (Lipinski definition) is 1. The standard InChI is InChI=1S/C9H11NO/c1-9(10)8-5-3-2-4-7(8)6-11-9/h2-5H,6,10H2,1H3. The summed E-state index contributed by atoms with van der Waals surface area (Å²) in [5.41, 5.74) is 7.61. The third-order valence-electron chi connectivity index (χ3n) is 2.08. The first-order chi connectivity index (χ1) is 5.20. The lowest BCUT2D eigenvalue weighted by Gasteiger charge is -2.17. The van der Waals surface area contributed by atoms with Gasteiger partial charge in [0.1, 0.15) is 5.72 Å². The molecule has 11 heavy (non-hydrogen) atoms. The number of hydrogen-bond acceptors (Lipinski definition) is 2. The van der Waals surface area contributed by atoms with Gasteiger partial charge in [-0.25, -0.2) is 0 Å². The van der Waals surface area contributed by atoms with Gasteiger partial charge in [0.15, 0.2) is 0 Å². The highest BCUT2D eigenvalue weighted by Crippen LogP contribution is 2.30. The van der Waals surface area contributed by atoms with E-state index < -0.39 is 5.72 Å². The van der Waals surface area contributed by atoms with Crippen LogP contribution < -0.4 is 5.73 Å². The van der Waals surface area contributed by atoms with E-state index in [4.69, 9.17) is 10.5 Å². The highest BCUT2D eigenvalue weighted by Gasteiger charge is 2.30. The van der Waals surface area contributed by atoms with Crippen molar-refractivity contribution in [2.75, 3.05) is 0 Å². The Balaban J connectivity index is 2.56. The van der Waals surface area contributed by atoms with Crippen LogP contribution in [-0.2, 0) is 17.1 Å². The van der Waals surface area contributed by atoms with Gasteiger partial charge in [-0.2, -0.15) is 0 Å². The van der Waals surface area contributed by atoms with Crippen LogP contribution in [-0.4, -0.2) is 0 Å². The van der Waals surface area contributed by atoms with Gasteiger partial charge in [0.2, 0.25) is 0 Å². The normalized spacial score (nSPS) is 28.5. The molecule has 2 N–H and O–H groups in total. The van der Waals surface area contributed by atoms with Crippen molar-refractivity contribution in [1.82, 2.24) is 0 Å². The van der Waals surface area contributed by atoms with E-state index in [9.17, 15) is 0 Å². The Kier molecular flexibility index (Phi) is 1.28. The Bertz CT molecular complexity index is 281. The molecule has 2 nitrogen and oxygen atoms in total. The fourth-order valence-corrected chi connectivity index (χ4v) is 1.44. The fourth-order valence-electron chi connectivity index (χ4n) is 1.44. The topological polar surface area (TPSA) is 35.2 Å². The minimum absolute atomic E-state index is 0.573. The molecule has 1 unspecified atom stereocenters. The quantitative estimate of drug-likeness (QED) is 0.604. The van der Waals surface area contributed by atoms with Crippen molar-refractivity contribution in [3.63, 3.8) is 0 Å². The average molecular weight is 149 g/mol. The molecular formula is C9H11NO. The third-order valence-corrected chi connectivity index (χ3v) is 2.08. The predicted octanol–water partition coefficient (Wildman–Crippen LogP) is 1.35. The molecule has 2 rings (SSSR count). The summed E-state index contributed by atoms with van der Waals surface area (Å²) >= 11 is 0. The summed E-state index contributed by atoms with van der Waals surface area (Å²) in [5, 5.41) is 0. The molecule has 0 fully saturated rings. The van der Waals surface area contributed by atoms with Gasteiger partial charge in [-0.3, -0.25) is 5.73 Å². The van der Waals surface area contributed by atoms with Crippen LogP contribution in [0, 0.1) is 0 Å². The maximum Gasteiger partial charge on any atom is 0.140 e. The molecule has 58 valence electrons. The van der Waals surface area contributed by atoms with Crippen molar-refractivity contribution >= 4 is 0 Å². The molecule has 1 atom stereocenters. The Hall–Kier alpha value is -0.860. The molecule has 0 spiro atoms. The number of benzene rings is 1. The minimum Gasteiger partial charge on any atom is -0.352 e. The van der Waals surface area contributed by atoms with Crippen molar-refractivity contribution in [2.45, 2.75) is 19.3 Å². The second-order valence-corrected chi connectivity index (χ2v) is 3.05. The van der Waals surface area contributed by atoms with E-state index in [0.717, 1.165) is 5.56 Å². The molecule has 0 aliphatic carbocycles. The van der Waals surface area contributed by atoms with Gasteiger partial charge >= 0.3 is 0 Å². The largest absolute Gasteiger partial charge is 0.352 e. The lowest BCUT2D eigenvalue weighted by molar-refractivity contribution is -0.0181. The van der Waals surface area contributed by atoms with Crippen molar-refractivity contribution in [1.29, 1.82) is 0 Å². The number of fused-ring (bicyclic) bond motifs is 1. The van der Waals surface area contributed by atoms with Crippen LogP contribution in [0.1, 0.15) is 18.1 Å². The maximum absolute atomic E-state index is 5.87. The number of ether oxygens (including phenoxy) is 1. The molecule has 0 radical (unpaired) electrons. The second kappa shape index (κ2) is 2.06. The summed E-state index contributed by atoms with van der Waals surface area (Å²) in [5.74, 6) is 0. The second-order valence-electron chi connectivity index (χ2n) is 3.05. The van der Waals surface area contributed by atoms with E-state index in [2.05, 4.69) is 0 Å². The summed E-state index contributed by atoms with van der Waals surface area (Å²) in [6, 6.07) is 8.05. The lowest BCUT2D eigenvalue weighted by Crippen LogP contribution is -2.31. The Morgan fingerprint density at radius 2 is 2.18 bits per heavy atom. The van der Waals surface area contributed by atoms with Crippen LogP contribution >= 0.6 is 0 Å². The minimum atomic E-state index is -0.573. The van der Waals surface area contributed by atoms with Crippen molar-refractivity contribution in [2.24, 2.45) is 5.73 Å². The number of rotatable bonds is 0. The number of nitrogens with two attached hydrogens (primary N) is 1. The zero-order valence-corrected chi connectivity index (χ0v) is 6.50. The average Bonchev–Trinajstić information content (AvgIpc) is 2.29. The van der Waals surface area contributed by atoms with E-state index in [1.807, 2.05) is 31.2 Å². The molecule has 0 amide bonds. The summed E-state index contributed by atoms with van der Waals surface area (Å²) in [6.45, 7) is 2.53. The van der Waals surface area contributed by atoms with E-state index in [1.54, 1.807) is 0 Å². The van der Waals surface area contributed by atoms with Gasteiger partial charge in [0, 0.05) is 5.56 Å². The van der Waals surface area contributed by atoms with Crippen molar-refractivity contribution in [3.05, 3.63) is 35.4 Å². The highest BCUT2D eigenvalue weighted by molar-refractivity contribution is 5.33. The summed E-state index contributed by atoms with van der Waals surface area (Å²) in [4.78, 5) is 0. The molecule has 0 aromatic heterocycles. The maximum atomic E-state index is 5.87. The molecule has 0 bridgehead atoms. The van der Waals surface area contributed by atoms with Crippen LogP contribution in [0.3, 0.4) is 0 Å². The van der Waals surface area contributed by atoms with Gasteiger partial charge in [-0.1, -0.05) is 24.3 Å². The third kappa shape index (κ3) is 0.951. The molecule has 1 aromatic rings. The van der Waals surface area contributed by atoms with Crippen LogP contribution in [0.5, 0.6) is 0 Å². The lowest BCUT2D eigenvalue weighted by atomic mass is 10.0. The van der Waals surface area contributed by atoms with Crippen LogP contribution in [0.15, 0.2) is 24.3 Å². The smallest absolute Gasteiger partial charge is 0.140 e. The first kappa shape index (κ1) is 6.83. The Morgan fingerprint density at radius 3 is 2.91 bits per heavy atom. The van der Waals surface area contributed by atoms with Crippen molar-refractivity contribution in [3.8, 4) is 0 Å². The van der Waals surface area contributed by atoms with E-state index in [-0.39, 0.29) is 0 Å². The SMILES string of the molecule is CC1(N)OCc2ccccc21. The molecule has 1 aromatic carbocycles. The molecular weight excluding hydrogens is 138 g/mol. The Morgan fingerprint density at radius 1 is 1.45 bits per heavy atom. The van der Waals surface area contributed by atoms with Crippen LogP contribution in [0.4, 0.5) is 0 Å². The molecule has 1 aliphatic rings. The summed E-state index contributed by atoms with van der Waals surface area (Å²) < 4.78 is 5.39. The monoisotopic (exact) mass is 149 g/mol. The van der Waals surface area contributed by atoms with E-state index >= 15 is 0 Å². The first-order valence-corrected chi connectivity index (χ1v) is 3.71. The van der Waals surface area contributed by atoms with Gasteiger partial charge in [0.05, 0.1) is 6.61 Å². The van der Waals surface area contributed by atoms with Gasteiger partial charge in [0.25, 0.3) is 0 Å². The van der Waals surface area contributed by atoms with Gasteiger partial charge < -0.3 is 4.74 Å². The fraction of sp³-hybridized carbons (Fsp3) is 0.333. The predicted molar refractivity (Wildman–Crippen MR) is 42.8 cm³/mol. The molecule has 1 heterocycles. The zero-order valence-electron chi connectivity index (χ0n) is 6.50. The van der Waals surface area contributed by atoms with Crippen LogP contribution in [0.25, 0.3) is 0 Å². The summed E-state index contributed by atoms with van der Waals surface area (Å²) in [6.07, 6.45) is 0. The van der Waals surface area contributed by atoms with Gasteiger partial charge in [-0.05, 0) is 12.5 Å². The van der Waals surface area contributed by atoms with E-state index in [0.29, 0.717) is 6.61 Å². The van der Waals surface area contributed by atoms with E-state index in [1.165, 1.54) is 5.56 Å². The summed E-state index contributed by atoms with van der Waals surface area (Å²) in [7, 11) is 0. The molecule has 2 heteroatoms. The van der Waals surface area contributed by atoms with Crippen molar-refractivity contribution < 1.29 is 4.74 Å². The highest BCUT2D eigenvalue weighted by atomic mass is 16.5. The first-order valence-electron chi connectivity index (χ1n) is 3.71. The zero-order chi connectivity index (χ0) is 7.90. The Labute approximate surface area is 66.0 Å². The molecule has 1 aliphatic heterocycles. The molecule has 0 saturated heterocycles. The van der Waals surface area contributed by atoms with Crippen LogP contribution in [0.2, 0.25) is 0 Å². The molecule has 0 saturated carbocycles.